The van der Waals surface area contributed by atoms with Crippen molar-refractivity contribution < 1.29 is 9.90 Å². The molecule has 6 nitrogen and oxygen atoms in total. The third-order valence-corrected chi connectivity index (χ3v) is 2.56. The van der Waals surface area contributed by atoms with Crippen molar-refractivity contribution in [3.05, 3.63) is 22.7 Å². The van der Waals surface area contributed by atoms with Crippen molar-refractivity contribution in [1.82, 2.24) is 9.55 Å². The van der Waals surface area contributed by atoms with Gasteiger partial charge in [0.2, 0.25) is 0 Å². The Morgan fingerprint density at radius 2 is 2.22 bits per heavy atom. The van der Waals surface area contributed by atoms with Gasteiger partial charge in [-0.25, -0.2) is 4.98 Å². The number of aromatic nitrogens is 2. The Bertz CT molecular complexity index is 468. The molecule has 0 bridgehead atoms. The maximum atomic E-state index is 12.2. The molecule has 0 unspecified atom stereocenters. The van der Waals surface area contributed by atoms with Crippen LogP contribution in [0.3, 0.4) is 0 Å². The van der Waals surface area contributed by atoms with E-state index >= 15 is 0 Å². The summed E-state index contributed by atoms with van der Waals surface area (Å²) in [6.07, 6.45) is 3.99. The molecule has 6 heteroatoms. The largest absolute Gasteiger partial charge is 0.480 e. The number of aliphatic carboxylic acids is 1. The van der Waals surface area contributed by atoms with E-state index in [1.54, 1.807) is 10.8 Å². The summed E-state index contributed by atoms with van der Waals surface area (Å²) in [6, 6.07) is -0.0984. The monoisotopic (exact) mass is 253 g/mol. The Hall–Kier alpha value is -1.85. The Labute approximate surface area is 106 Å². The minimum Gasteiger partial charge on any atom is -0.480 e. The molecule has 0 radical (unpaired) electrons. The standard InChI is InChI=1S/C12H19N3O3/c1-4-6-14-7-5-13-11(12(14)18)15(9(2)3)8-10(16)17/h5,7,9H,4,6,8H2,1-3H3,(H,16,17). The second kappa shape index (κ2) is 6.18. The molecule has 0 atom stereocenters. The van der Waals surface area contributed by atoms with Crippen LogP contribution in [0.1, 0.15) is 27.2 Å². The lowest BCUT2D eigenvalue weighted by molar-refractivity contribution is -0.135. The van der Waals surface area contributed by atoms with Crippen LogP contribution in [0.25, 0.3) is 0 Å². The molecule has 1 N–H and O–H groups in total. The Balaban J connectivity index is 3.16. The third kappa shape index (κ3) is 3.32. The lowest BCUT2D eigenvalue weighted by Crippen LogP contribution is -2.41. The number of anilines is 1. The molecule has 1 aromatic heterocycles. The van der Waals surface area contributed by atoms with E-state index in [4.69, 9.17) is 5.11 Å². The second-order valence-electron chi connectivity index (χ2n) is 4.36. The summed E-state index contributed by atoms with van der Waals surface area (Å²) in [7, 11) is 0. The van der Waals surface area contributed by atoms with Crippen molar-refractivity contribution in [2.75, 3.05) is 11.4 Å². The first-order valence-electron chi connectivity index (χ1n) is 6.01. The van der Waals surface area contributed by atoms with Gasteiger partial charge < -0.3 is 14.6 Å². The van der Waals surface area contributed by atoms with Gasteiger partial charge in [-0.2, -0.15) is 0 Å². The first kappa shape index (κ1) is 14.2. The van der Waals surface area contributed by atoms with Crippen molar-refractivity contribution in [2.24, 2.45) is 0 Å². The molecule has 0 aliphatic rings. The summed E-state index contributed by atoms with van der Waals surface area (Å²) in [6.45, 7) is 6.02. The average molecular weight is 253 g/mol. The molecule has 0 amide bonds. The number of aryl methyl sites for hydroxylation is 1. The fraction of sp³-hybridized carbons (Fsp3) is 0.583. The molecule has 0 aromatic carbocycles. The predicted octanol–water partition coefficient (Wildman–Crippen LogP) is 0.953. The maximum Gasteiger partial charge on any atom is 0.323 e. The molecule has 0 fully saturated rings. The average Bonchev–Trinajstić information content (AvgIpc) is 2.29. The van der Waals surface area contributed by atoms with E-state index in [0.717, 1.165) is 6.42 Å². The SMILES string of the molecule is CCCn1ccnc(N(CC(=O)O)C(C)C)c1=O. The fourth-order valence-electron chi connectivity index (χ4n) is 1.70. The number of carboxylic acids is 1. The first-order chi connectivity index (χ1) is 8.47. The van der Waals surface area contributed by atoms with Crippen molar-refractivity contribution in [2.45, 2.75) is 39.8 Å². The van der Waals surface area contributed by atoms with Gasteiger partial charge in [-0.3, -0.25) is 9.59 Å². The lowest BCUT2D eigenvalue weighted by Gasteiger charge is -2.25. The number of nitrogens with zero attached hydrogens (tertiary/aromatic N) is 3. The minimum atomic E-state index is -0.976. The maximum absolute atomic E-state index is 12.2. The van der Waals surface area contributed by atoms with Crippen molar-refractivity contribution in [3.63, 3.8) is 0 Å². The number of hydrogen-bond acceptors (Lipinski definition) is 4. The van der Waals surface area contributed by atoms with Crippen molar-refractivity contribution >= 4 is 11.8 Å². The highest BCUT2D eigenvalue weighted by Gasteiger charge is 2.19. The molecule has 0 spiro atoms. The second-order valence-corrected chi connectivity index (χ2v) is 4.36. The smallest absolute Gasteiger partial charge is 0.323 e. The Kier molecular flexibility index (Phi) is 4.88. The van der Waals surface area contributed by atoms with E-state index in [1.165, 1.54) is 11.1 Å². The molecule has 100 valence electrons. The molecule has 0 saturated heterocycles. The van der Waals surface area contributed by atoms with Crippen LogP contribution in [0.4, 0.5) is 5.82 Å². The summed E-state index contributed by atoms with van der Waals surface area (Å²) in [5.41, 5.74) is -0.241. The van der Waals surface area contributed by atoms with Gasteiger partial charge >= 0.3 is 5.97 Å². The molecule has 0 aliphatic carbocycles. The summed E-state index contributed by atoms with van der Waals surface area (Å²) >= 11 is 0. The van der Waals surface area contributed by atoms with Gasteiger partial charge in [-0.15, -0.1) is 0 Å². The van der Waals surface area contributed by atoms with E-state index < -0.39 is 5.97 Å². The zero-order chi connectivity index (χ0) is 13.7. The van der Waals surface area contributed by atoms with Gasteiger partial charge in [-0.1, -0.05) is 6.92 Å². The summed E-state index contributed by atoms with van der Waals surface area (Å²) in [5.74, 6) is -0.779. The topological polar surface area (TPSA) is 75.4 Å². The van der Waals surface area contributed by atoms with Gasteiger partial charge in [0.25, 0.3) is 5.56 Å². The molecule has 1 heterocycles. The highest BCUT2D eigenvalue weighted by Crippen LogP contribution is 2.08. The highest BCUT2D eigenvalue weighted by atomic mass is 16.4. The van der Waals surface area contributed by atoms with E-state index in [9.17, 15) is 9.59 Å². The molecule has 1 aromatic rings. The van der Waals surface area contributed by atoms with E-state index in [1.807, 2.05) is 20.8 Å². The quantitative estimate of drug-likeness (QED) is 0.817. The van der Waals surface area contributed by atoms with Crippen LogP contribution >= 0.6 is 0 Å². The van der Waals surface area contributed by atoms with E-state index in [0.29, 0.717) is 6.54 Å². The molecule has 1 rings (SSSR count). The number of carbonyl (C=O) groups is 1. The van der Waals surface area contributed by atoms with Crippen LogP contribution < -0.4 is 10.5 Å². The Morgan fingerprint density at radius 1 is 1.56 bits per heavy atom. The predicted molar refractivity (Wildman–Crippen MR) is 68.9 cm³/mol. The van der Waals surface area contributed by atoms with Crippen LogP contribution in [-0.4, -0.2) is 33.2 Å². The zero-order valence-electron chi connectivity index (χ0n) is 11.0. The van der Waals surface area contributed by atoms with Crippen LogP contribution in [0, 0.1) is 0 Å². The van der Waals surface area contributed by atoms with E-state index in [2.05, 4.69) is 4.98 Å². The van der Waals surface area contributed by atoms with Crippen LogP contribution in [0.15, 0.2) is 17.2 Å². The van der Waals surface area contributed by atoms with Crippen LogP contribution in [0.5, 0.6) is 0 Å². The van der Waals surface area contributed by atoms with Gasteiger partial charge in [0.05, 0.1) is 0 Å². The molecular formula is C12H19N3O3. The normalized spacial score (nSPS) is 10.7. The van der Waals surface area contributed by atoms with Gasteiger partial charge in [0.1, 0.15) is 6.54 Å². The molecular weight excluding hydrogens is 234 g/mol. The zero-order valence-corrected chi connectivity index (χ0v) is 11.0. The number of rotatable bonds is 6. The number of hydrogen-bond donors (Lipinski definition) is 1. The fourth-order valence-corrected chi connectivity index (χ4v) is 1.70. The molecule has 18 heavy (non-hydrogen) atoms. The number of carboxylic acid groups (broad SMARTS) is 1. The summed E-state index contributed by atoms with van der Waals surface area (Å²) in [4.78, 5) is 28.5. The van der Waals surface area contributed by atoms with Crippen molar-refractivity contribution in [3.8, 4) is 0 Å². The van der Waals surface area contributed by atoms with Crippen LogP contribution in [-0.2, 0) is 11.3 Å². The highest BCUT2D eigenvalue weighted by molar-refractivity contribution is 5.73. The summed E-state index contributed by atoms with van der Waals surface area (Å²) in [5, 5.41) is 8.88. The molecule has 0 aliphatic heterocycles. The first-order valence-corrected chi connectivity index (χ1v) is 6.01. The van der Waals surface area contributed by atoms with Crippen LogP contribution in [0.2, 0.25) is 0 Å². The third-order valence-electron chi connectivity index (χ3n) is 2.56. The summed E-state index contributed by atoms with van der Waals surface area (Å²) < 4.78 is 1.56. The van der Waals surface area contributed by atoms with Gasteiger partial charge in [0, 0.05) is 25.0 Å². The van der Waals surface area contributed by atoms with Crippen molar-refractivity contribution in [1.29, 1.82) is 0 Å². The van der Waals surface area contributed by atoms with Gasteiger partial charge in [0.15, 0.2) is 5.82 Å². The Morgan fingerprint density at radius 3 is 2.72 bits per heavy atom. The molecule has 0 saturated carbocycles. The van der Waals surface area contributed by atoms with E-state index in [-0.39, 0.29) is 24.0 Å². The van der Waals surface area contributed by atoms with Gasteiger partial charge in [-0.05, 0) is 20.3 Å². The minimum absolute atomic E-state index is 0.0984. The lowest BCUT2D eigenvalue weighted by atomic mass is 10.3.